The van der Waals surface area contributed by atoms with Crippen molar-refractivity contribution in [3.63, 3.8) is 0 Å². The lowest BCUT2D eigenvalue weighted by Gasteiger charge is -2.57. The third kappa shape index (κ3) is 3.19. The van der Waals surface area contributed by atoms with Crippen molar-refractivity contribution in [2.24, 2.45) is 16.7 Å². The Morgan fingerprint density at radius 1 is 1.27 bits per heavy atom. The third-order valence-electron chi connectivity index (χ3n) is 6.36. The molecule has 2 rings (SSSR count). The number of aliphatic hydroxyl groups excluding tert-OH is 2. The van der Waals surface area contributed by atoms with E-state index in [1.54, 1.807) is 5.57 Å². The van der Waals surface area contributed by atoms with Gasteiger partial charge in [-0.15, -0.1) is 0 Å². The van der Waals surface area contributed by atoms with Crippen LogP contribution in [0, 0.1) is 16.7 Å². The second kappa shape index (κ2) is 6.49. The van der Waals surface area contributed by atoms with Crippen molar-refractivity contribution >= 4 is 0 Å². The molecule has 1 fully saturated rings. The van der Waals surface area contributed by atoms with Crippen LogP contribution in [0.1, 0.15) is 73.1 Å². The van der Waals surface area contributed by atoms with Gasteiger partial charge in [-0.1, -0.05) is 50.0 Å². The normalized spacial score (nSPS) is 35.5. The van der Waals surface area contributed by atoms with Crippen LogP contribution in [0.2, 0.25) is 0 Å². The van der Waals surface area contributed by atoms with E-state index in [1.807, 2.05) is 6.08 Å². The second-order valence-corrected chi connectivity index (χ2v) is 8.50. The van der Waals surface area contributed by atoms with E-state index < -0.39 is 0 Å². The number of allylic oxidation sites excluding steroid dienone is 2. The summed E-state index contributed by atoms with van der Waals surface area (Å²) in [4.78, 5) is 0. The fourth-order valence-corrected chi connectivity index (χ4v) is 5.49. The maximum Gasteiger partial charge on any atom is 0.0618 e. The fraction of sp³-hybridized carbons (Fsp3) is 0.800. The summed E-state index contributed by atoms with van der Waals surface area (Å²) in [6.45, 7) is 11.5. The van der Waals surface area contributed by atoms with Crippen molar-refractivity contribution in [1.82, 2.24) is 0 Å². The Kier molecular flexibility index (Phi) is 5.23. The highest BCUT2D eigenvalue weighted by molar-refractivity contribution is 5.29. The molecular weight excluding hydrogens is 272 g/mol. The van der Waals surface area contributed by atoms with Gasteiger partial charge in [0.1, 0.15) is 0 Å². The summed E-state index contributed by atoms with van der Waals surface area (Å²) in [5.74, 6) is 0.370. The summed E-state index contributed by atoms with van der Waals surface area (Å²) < 4.78 is 0. The van der Waals surface area contributed by atoms with Gasteiger partial charge in [0.25, 0.3) is 0 Å². The van der Waals surface area contributed by atoms with Crippen molar-refractivity contribution in [3.05, 3.63) is 22.8 Å². The van der Waals surface area contributed by atoms with Gasteiger partial charge in [-0.05, 0) is 62.7 Å². The van der Waals surface area contributed by atoms with Crippen LogP contribution < -0.4 is 0 Å². The van der Waals surface area contributed by atoms with Crippen LogP contribution in [0.15, 0.2) is 22.8 Å². The quantitative estimate of drug-likeness (QED) is 0.744. The molecule has 0 aromatic rings. The van der Waals surface area contributed by atoms with Crippen LogP contribution >= 0.6 is 0 Å². The highest BCUT2D eigenvalue weighted by Gasteiger charge is 2.53. The molecule has 0 aliphatic heterocycles. The second-order valence-electron chi connectivity index (χ2n) is 8.50. The molecule has 0 amide bonds. The van der Waals surface area contributed by atoms with Gasteiger partial charge in [-0.3, -0.25) is 0 Å². The van der Waals surface area contributed by atoms with Crippen molar-refractivity contribution < 1.29 is 10.2 Å². The van der Waals surface area contributed by atoms with E-state index in [9.17, 15) is 5.11 Å². The first-order valence-corrected chi connectivity index (χ1v) is 8.86. The van der Waals surface area contributed by atoms with Gasteiger partial charge in [0.05, 0.1) is 12.7 Å². The van der Waals surface area contributed by atoms with Crippen molar-refractivity contribution in [2.75, 3.05) is 6.61 Å². The molecule has 0 radical (unpaired) electrons. The molecular formula is C20H34O2. The molecule has 126 valence electrons. The summed E-state index contributed by atoms with van der Waals surface area (Å²) in [7, 11) is 0. The summed E-state index contributed by atoms with van der Waals surface area (Å²) in [5.41, 5.74) is 4.61. The summed E-state index contributed by atoms with van der Waals surface area (Å²) in [5, 5.41) is 19.8. The van der Waals surface area contributed by atoms with Gasteiger partial charge in [0, 0.05) is 0 Å². The molecule has 0 aromatic carbocycles. The van der Waals surface area contributed by atoms with E-state index in [-0.39, 0.29) is 23.5 Å². The minimum absolute atomic E-state index is 0.134. The first-order valence-electron chi connectivity index (χ1n) is 8.86. The van der Waals surface area contributed by atoms with Gasteiger partial charge in [0.15, 0.2) is 0 Å². The zero-order valence-electron chi connectivity index (χ0n) is 15.1. The fourth-order valence-electron chi connectivity index (χ4n) is 5.49. The largest absolute Gasteiger partial charge is 0.392 e. The standard InChI is InChI=1S/C20H34O2/c1-14(9-12-21)7-8-16-15(2)13-17(22)18-19(3,4)10-6-11-20(16,18)5/h9,17-18,21-22H,6-8,10-13H2,1-5H3/b14-9+/t17-,18+,20-/m1/s1. The van der Waals surface area contributed by atoms with Crippen LogP contribution in [-0.4, -0.2) is 22.9 Å². The molecule has 0 spiro atoms. The van der Waals surface area contributed by atoms with Crippen LogP contribution in [0.3, 0.4) is 0 Å². The predicted octanol–water partition coefficient (Wildman–Crippen LogP) is 4.62. The molecule has 1 saturated carbocycles. The number of hydrogen-bond acceptors (Lipinski definition) is 2. The first-order chi connectivity index (χ1) is 10.2. The highest BCUT2D eigenvalue weighted by atomic mass is 16.3. The minimum Gasteiger partial charge on any atom is -0.392 e. The Morgan fingerprint density at radius 2 is 1.95 bits per heavy atom. The third-order valence-corrected chi connectivity index (χ3v) is 6.36. The van der Waals surface area contributed by atoms with Gasteiger partial charge < -0.3 is 10.2 Å². The Balaban J connectivity index is 2.31. The van der Waals surface area contributed by atoms with Gasteiger partial charge in [0.2, 0.25) is 0 Å². The number of rotatable bonds is 4. The lowest BCUT2D eigenvalue weighted by atomic mass is 9.49. The predicted molar refractivity (Wildman–Crippen MR) is 92.6 cm³/mol. The Morgan fingerprint density at radius 3 is 2.59 bits per heavy atom. The van der Waals surface area contributed by atoms with Gasteiger partial charge >= 0.3 is 0 Å². The number of fused-ring (bicyclic) bond motifs is 1. The molecule has 22 heavy (non-hydrogen) atoms. The minimum atomic E-state index is -0.196. The molecule has 0 bridgehead atoms. The Hall–Kier alpha value is -0.600. The molecule has 3 atom stereocenters. The van der Waals surface area contributed by atoms with Gasteiger partial charge in [-0.2, -0.15) is 0 Å². The summed E-state index contributed by atoms with van der Waals surface area (Å²) >= 11 is 0. The first kappa shape index (κ1) is 17.7. The molecule has 0 saturated heterocycles. The smallest absolute Gasteiger partial charge is 0.0618 e. The lowest BCUT2D eigenvalue weighted by Crippen LogP contribution is -2.52. The van der Waals surface area contributed by atoms with E-state index in [1.165, 1.54) is 30.4 Å². The number of hydrogen-bond donors (Lipinski definition) is 2. The average molecular weight is 306 g/mol. The Bertz CT molecular complexity index is 472. The van der Waals surface area contributed by atoms with E-state index >= 15 is 0 Å². The lowest BCUT2D eigenvalue weighted by molar-refractivity contribution is -0.0738. The van der Waals surface area contributed by atoms with E-state index in [0.717, 1.165) is 19.3 Å². The van der Waals surface area contributed by atoms with Crippen LogP contribution in [0.5, 0.6) is 0 Å². The Labute approximate surface area is 136 Å². The van der Waals surface area contributed by atoms with Crippen molar-refractivity contribution in [1.29, 1.82) is 0 Å². The topological polar surface area (TPSA) is 40.5 Å². The van der Waals surface area contributed by atoms with Crippen LogP contribution in [-0.2, 0) is 0 Å². The van der Waals surface area contributed by atoms with E-state index in [2.05, 4.69) is 34.6 Å². The van der Waals surface area contributed by atoms with Gasteiger partial charge in [-0.25, -0.2) is 0 Å². The molecule has 2 heteroatoms. The molecule has 0 unspecified atom stereocenters. The van der Waals surface area contributed by atoms with Crippen molar-refractivity contribution in [3.8, 4) is 0 Å². The number of aliphatic hydroxyl groups is 2. The molecule has 0 heterocycles. The van der Waals surface area contributed by atoms with E-state index in [4.69, 9.17) is 5.11 Å². The molecule has 2 N–H and O–H groups in total. The van der Waals surface area contributed by atoms with Crippen LogP contribution in [0.4, 0.5) is 0 Å². The summed E-state index contributed by atoms with van der Waals surface area (Å²) in [6, 6.07) is 0. The SMILES string of the molecule is CC1=C(CC/C(C)=C/CO)[C@@]2(C)CCCC(C)(C)[C@@H]2[C@H](O)C1. The maximum absolute atomic E-state index is 10.8. The monoisotopic (exact) mass is 306 g/mol. The highest BCUT2D eigenvalue weighted by Crippen LogP contribution is 2.60. The van der Waals surface area contributed by atoms with Crippen molar-refractivity contribution in [2.45, 2.75) is 79.2 Å². The molecule has 0 aromatic heterocycles. The maximum atomic E-state index is 10.8. The molecule has 2 nitrogen and oxygen atoms in total. The molecule has 2 aliphatic rings. The average Bonchev–Trinajstić information content (AvgIpc) is 2.36. The molecule has 2 aliphatic carbocycles. The van der Waals surface area contributed by atoms with Crippen LogP contribution in [0.25, 0.3) is 0 Å². The summed E-state index contributed by atoms with van der Waals surface area (Å²) in [6.07, 6.45) is 8.33. The van der Waals surface area contributed by atoms with E-state index in [0.29, 0.717) is 5.92 Å². The zero-order valence-corrected chi connectivity index (χ0v) is 15.1. The zero-order chi connectivity index (χ0) is 16.5.